The molecule has 0 bridgehead atoms. The first kappa shape index (κ1) is 32.0. The summed E-state index contributed by atoms with van der Waals surface area (Å²) in [5.41, 5.74) is 12.0. The summed E-state index contributed by atoms with van der Waals surface area (Å²) in [6.07, 6.45) is 0. The summed E-state index contributed by atoms with van der Waals surface area (Å²) in [6.45, 7) is 0. The number of para-hydroxylation sites is 3. The highest BCUT2D eigenvalue weighted by Crippen LogP contribution is 2.44. The molecule has 0 radical (unpaired) electrons. The lowest BCUT2D eigenvalue weighted by Crippen LogP contribution is -2.11. The van der Waals surface area contributed by atoms with E-state index in [2.05, 4.69) is 205 Å². The third-order valence-electron chi connectivity index (χ3n) is 11.3. The first-order valence-electron chi connectivity index (χ1n) is 19.2. The lowest BCUT2D eigenvalue weighted by atomic mass is 9.90. The van der Waals surface area contributed by atoms with Crippen molar-refractivity contribution in [1.82, 2.24) is 0 Å². The van der Waals surface area contributed by atoms with Crippen LogP contribution in [0.15, 0.2) is 217 Å². The average molecular weight is 714 g/mol. The molecular weight excluding hydrogens is 679 g/mol. The van der Waals surface area contributed by atoms with Gasteiger partial charge in [-0.15, -0.1) is 0 Å². The second-order valence-electron chi connectivity index (χ2n) is 14.4. The van der Waals surface area contributed by atoms with Crippen LogP contribution in [0.4, 0.5) is 17.1 Å². The topological polar surface area (TPSA) is 16.4 Å². The molecule has 0 saturated heterocycles. The second kappa shape index (κ2) is 13.2. The Kier molecular flexibility index (Phi) is 7.53. The van der Waals surface area contributed by atoms with E-state index in [0.717, 1.165) is 50.1 Å². The molecule has 0 atom stereocenters. The minimum Gasteiger partial charge on any atom is -0.455 e. The van der Waals surface area contributed by atoms with Crippen molar-refractivity contribution in [1.29, 1.82) is 0 Å². The summed E-state index contributed by atoms with van der Waals surface area (Å²) in [4.78, 5) is 2.38. The zero-order valence-corrected chi connectivity index (χ0v) is 30.6. The van der Waals surface area contributed by atoms with Crippen molar-refractivity contribution in [2.75, 3.05) is 4.90 Å². The van der Waals surface area contributed by atoms with Gasteiger partial charge in [-0.3, -0.25) is 0 Å². The summed E-state index contributed by atoms with van der Waals surface area (Å²) in [5.74, 6) is 0. The van der Waals surface area contributed by atoms with E-state index in [-0.39, 0.29) is 0 Å². The molecule has 0 saturated carbocycles. The fraction of sp³-hybridized carbons (Fsp3) is 0. The van der Waals surface area contributed by atoms with Crippen LogP contribution in [-0.4, -0.2) is 0 Å². The molecule has 262 valence electrons. The number of hydrogen-bond donors (Lipinski definition) is 0. The molecule has 11 rings (SSSR count). The van der Waals surface area contributed by atoms with Crippen LogP contribution < -0.4 is 4.90 Å². The molecule has 0 aliphatic carbocycles. The van der Waals surface area contributed by atoms with Crippen LogP contribution in [-0.2, 0) is 0 Å². The molecule has 10 aromatic carbocycles. The smallest absolute Gasteiger partial charge is 0.143 e. The highest BCUT2D eigenvalue weighted by molar-refractivity contribution is 6.23. The molecule has 0 unspecified atom stereocenters. The predicted octanol–water partition coefficient (Wildman–Crippen LogP) is 15.5. The quantitative estimate of drug-likeness (QED) is 0.160. The van der Waals surface area contributed by atoms with Gasteiger partial charge < -0.3 is 9.32 Å². The largest absolute Gasteiger partial charge is 0.455 e. The highest BCUT2D eigenvalue weighted by atomic mass is 16.3. The number of anilines is 3. The fourth-order valence-corrected chi connectivity index (χ4v) is 8.63. The van der Waals surface area contributed by atoms with Gasteiger partial charge in [0.15, 0.2) is 0 Å². The van der Waals surface area contributed by atoms with Crippen LogP contribution in [0.5, 0.6) is 0 Å². The van der Waals surface area contributed by atoms with Crippen LogP contribution in [0.1, 0.15) is 0 Å². The van der Waals surface area contributed by atoms with E-state index in [0.29, 0.717) is 0 Å². The Balaban J connectivity index is 1.05. The zero-order chi connectivity index (χ0) is 37.0. The highest BCUT2D eigenvalue weighted by Gasteiger charge is 2.19. The molecule has 0 aliphatic heterocycles. The number of fused-ring (bicyclic) bond motifs is 8. The molecule has 1 heterocycles. The summed E-state index contributed by atoms with van der Waals surface area (Å²) >= 11 is 0. The molecule has 56 heavy (non-hydrogen) atoms. The molecule has 2 heteroatoms. The van der Waals surface area contributed by atoms with Gasteiger partial charge in [-0.2, -0.15) is 0 Å². The van der Waals surface area contributed by atoms with Crippen LogP contribution in [0.25, 0.3) is 87.6 Å². The number of benzene rings is 10. The first-order chi connectivity index (χ1) is 27.8. The maximum absolute atomic E-state index is 6.43. The third kappa shape index (κ3) is 5.26. The number of furan rings is 1. The lowest BCUT2D eigenvalue weighted by Gasteiger charge is -2.28. The van der Waals surface area contributed by atoms with Gasteiger partial charge in [-0.25, -0.2) is 0 Å². The monoisotopic (exact) mass is 713 g/mol. The van der Waals surface area contributed by atoms with Gasteiger partial charge in [0.2, 0.25) is 0 Å². The van der Waals surface area contributed by atoms with Crippen LogP contribution in [0.3, 0.4) is 0 Å². The fourth-order valence-electron chi connectivity index (χ4n) is 8.63. The Morgan fingerprint density at radius 1 is 0.321 bits per heavy atom. The Hall–Kier alpha value is -7.42. The van der Waals surface area contributed by atoms with Crippen molar-refractivity contribution in [3.8, 4) is 33.4 Å². The van der Waals surface area contributed by atoms with Gasteiger partial charge >= 0.3 is 0 Å². The SMILES string of the molecule is c1ccc(-c2ccccc2N(c2ccc(-c3cc4ccc5ccccc5c4c4ccccc34)cc2)c2ccc(-c3cccc4c3oc3ccccc34)cc2)cc1. The predicted molar refractivity (Wildman–Crippen MR) is 237 cm³/mol. The van der Waals surface area contributed by atoms with E-state index in [1.807, 2.05) is 12.1 Å². The summed E-state index contributed by atoms with van der Waals surface area (Å²) in [5, 5.41) is 9.91. The Morgan fingerprint density at radius 2 is 0.875 bits per heavy atom. The molecular formula is C54H35NO. The second-order valence-corrected chi connectivity index (χ2v) is 14.4. The van der Waals surface area contributed by atoms with E-state index < -0.39 is 0 Å². The van der Waals surface area contributed by atoms with Crippen molar-refractivity contribution >= 4 is 71.3 Å². The Labute approximate surface area is 325 Å². The van der Waals surface area contributed by atoms with Crippen molar-refractivity contribution in [3.63, 3.8) is 0 Å². The van der Waals surface area contributed by atoms with Crippen molar-refractivity contribution in [3.05, 3.63) is 212 Å². The molecule has 0 aliphatic rings. The number of hydrogen-bond acceptors (Lipinski definition) is 2. The number of nitrogens with zero attached hydrogens (tertiary/aromatic N) is 1. The standard InChI is InChI=1S/C54H35NO/c1-2-13-36(14-3-1)43-16-8-10-23-51(43)55(41-31-27-38(28-32-41)45-21-12-22-49-47-19-9-11-24-52(47)56-54(45)49)42-33-29-39(30-34-42)50-35-40-26-25-37-15-4-5-17-44(37)53(40)48-20-7-6-18-46(48)50/h1-35H. The van der Waals surface area contributed by atoms with E-state index in [4.69, 9.17) is 4.42 Å². The van der Waals surface area contributed by atoms with Crippen molar-refractivity contribution in [2.45, 2.75) is 0 Å². The van der Waals surface area contributed by atoms with Crippen LogP contribution in [0, 0.1) is 0 Å². The molecule has 11 aromatic rings. The van der Waals surface area contributed by atoms with Gasteiger partial charge in [-0.05, 0) is 97.0 Å². The summed E-state index contributed by atoms with van der Waals surface area (Å²) in [7, 11) is 0. The summed E-state index contributed by atoms with van der Waals surface area (Å²) < 4.78 is 6.43. The normalized spacial score (nSPS) is 11.6. The lowest BCUT2D eigenvalue weighted by molar-refractivity contribution is 0.670. The average Bonchev–Trinajstić information content (AvgIpc) is 3.66. The Bertz CT molecular complexity index is 3230. The maximum atomic E-state index is 6.43. The first-order valence-corrected chi connectivity index (χ1v) is 19.2. The van der Waals surface area contributed by atoms with Gasteiger partial charge in [0, 0.05) is 33.3 Å². The van der Waals surface area contributed by atoms with Crippen LogP contribution >= 0.6 is 0 Å². The van der Waals surface area contributed by atoms with E-state index in [1.165, 1.54) is 54.6 Å². The van der Waals surface area contributed by atoms with Crippen LogP contribution in [0.2, 0.25) is 0 Å². The van der Waals surface area contributed by atoms with Gasteiger partial charge in [0.05, 0.1) is 5.69 Å². The third-order valence-corrected chi connectivity index (χ3v) is 11.3. The molecule has 2 nitrogen and oxygen atoms in total. The van der Waals surface area contributed by atoms with Gasteiger partial charge in [-0.1, -0.05) is 170 Å². The minimum absolute atomic E-state index is 0.906. The Morgan fingerprint density at radius 3 is 1.66 bits per heavy atom. The number of rotatable bonds is 6. The van der Waals surface area contributed by atoms with Crippen molar-refractivity contribution < 1.29 is 4.42 Å². The molecule has 0 spiro atoms. The summed E-state index contributed by atoms with van der Waals surface area (Å²) in [6, 6.07) is 76.4. The molecule has 0 fully saturated rings. The maximum Gasteiger partial charge on any atom is 0.143 e. The van der Waals surface area contributed by atoms with E-state index in [9.17, 15) is 0 Å². The van der Waals surface area contributed by atoms with Gasteiger partial charge in [0.1, 0.15) is 11.2 Å². The van der Waals surface area contributed by atoms with E-state index in [1.54, 1.807) is 0 Å². The molecule has 1 aromatic heterocycles. The molecule has 0 amide bonds. The zero-order valence-electron chi connectivity index (χ0n) is 30.6. The van der Waals surface area contributed by atoms with E-state index >= 15 is 0 Å². The van der Waals surface area contributed by atoms with Crippen molar-refractivity contribution in [2.24, 2.45) is 0 Å². The van der Waals surface area contributed by atoms with Gasteiger partial charge in [0.25, 0.3) is 0 Å². The minimum atomic E-state index is 0.906. The molecule has 0 N–H and O–H groups in total.